The third kappa shape index (κ3) is 3.99. The van der Waals surface area contributed by atoms with Gasteiger partial charge in [-0.05, 0) is 56.7 Å². The Labute approximate surface area is 151 Å². The van der Waals surface area contributed by atoms with Crippen LogP contribution in [0.4, 0.5) is 5.69 Å². The van der Waals surface area contributed by atoms with Crippen molar-refractivity contribution in [2.75, 3.05) is 10.5 Å². The van der Waals surface area contributed by atoms with Crippen LogP contribution in [0, 0.1) is 11.8 Å². The van der Waals surface area contributed by atoms with Crippen molar-refractivity contribution in [1.29, 1.82) is 0 Å². The van der Waals surface area contributed by atoms with E-state index in [0.717, 1.165) is 0 Å². The summed E-state index contributed by atoms with van der Waals surface area (Å²) in [5, 5.41) is 19.7. The quantitative estimate of drug-likeness (QED) is 0.607. The Morgan fingerprint density at radius 3 is 2.65 bits per heavy atom. The highest BCUT2D eigenvalue weighted by Crippen LogP contribution is 2.36. The third-order valence-corrected chi connectivity index (χ3v) is 6.31. The number of aromatic nitrogens is 2. The summed E-state index contributed by atoms with van der Waals surface area (Å²) in [6.45, 7) is 1.56. The number of nitrogens with one attached hydrogen (secondary N) is 2. The number of carboxylic acid groups (broad SMARTS) is 1. The van der Waals surface area contributed by atoms with Crippen LogP contribution in [-0.2, 0) is 14.8 Å². The molecule has 26 heavy (non-hydrogen) atoms. The van der Waals surface area contributed by atoms with Crippen molar-refractivity contribution in [2.24, 2.45) is 11.8 Å². The van der Waals surface area contributed by atoms with Gasteiger partial charge in [-0.15, -0.1) is 0 Å². The molecule has 0 aliphatic heterocycles. The van der Waals surface area contributed by atoms with E-state index in [1.807, 2.05) is 0 Å². The number of aliphatic hydroxyl groups excluding tert-OH is 1. The van der Waals surface area contributed by atoms with E-state index < -0.39 is 22.1 Å². The van der Waals surface area contributed by atoms with E-state index >= 15 is 0 Å². The summed E-state index contributed by atoms with van der Waals surface area (Å²) in [4.78, 5) is 18.5. The van der Waals surface area contributed by atoms with Crippen LogP contribution in [0.3, 0.4) is 0 Å². The molecule has 142 valence electrons. The molecule has 0 radical (unpaired) electrons. The molecule has 0 spiro atoms. The van der Waals surface area contributed by atoms with Gasteiger partial charge in [0.25, 0.3) is 0 Å². The fourth-order valence-electron chi connectivity index (χ4n) is 3.39. The number of imidazole rings is 1. The highest BCUT2D eigenvalue weighted by Gasteiger charge is 2.31. The Hall–Kier alpha value is -2.13. The average Bonchev–Trinajstić information content (AvgIpc) is 3.04. The van der Waals surface area contributed by atoms with Gasteiger partial charge in [-0.2, -0.15) is 0 Å². The maximum atomic E-state index is 11.7. The Kier molecular flexibility index (Phi) is 5.19. The fraction of sp³-hybridized carbons (Fsp3) is 0.529. The number of aliphatic hydroxyl groups is 1. The molecule has 1 aliphatic rings. The zero-order valence-corrected chi connectivity index (χ0v) is 15.3. The lowest BCUT2D eigenvalue weighted by Gasteiger charge is -2.28. The second-order valence-corrected chi connectivity index (χ2v) is 8.77. The van der Waals surface area contributed by atoms with E-state index in [0.29, 0.717) is 48.2 Å². The second kappa shape index (κ2) is 7.24. The number of aliphatic carboxylic acids is 1. The molecule has 1 atom stereocenters. The summed E-state index contributed by atoms with van der Waals surface area (Å²) in [7, 11) is -3.36. The number of hydrogen-bond donors (Lipinski definition) is 4. The van der Waals surface area contributed by atoms with E-state index in [9.17, 15) is 18.3 Å². The summed E-state index contributed by atoms with van der Waals surface area (Å²) in [5.41, 5.74) is 1.71. The number of aromatic amines is 1. The minimum absolute atomic E-state index is 0.0169. The number of rotatable bonds is 6. The molecule has 1 unspecified atom stereocenters. The maximum Gasteiger partial charge on any atom is 0.306 e. The number of carbonyl (C=O) groups is 1. The summed E-state index contributed by atoms with van der Waals surface area (Å²) in [6, 6.07) is 4.97. The van der Waals surface area contributed by atoms with Crippen molar-refractivity contribution >= 4 is 32.7 Å². The monoisotopic (exact) mass is 381 g/mol. The lowest BCUT2D eigenvalue weighted by atomic mass is 9.79. The van der Waals surface area contributed by atoms with E-state index in [1.165, 1.54) is 0 Å². The molecule has 1 aliphatic carbocycles. The molecule has 8 nitrogen and oxygen atoms in total. The van der Waals surface area contributed by atoms with E-state index in [1.54, 1.807) is 25.1 Å². The summed E-state index contributed by atoms with van der Waals surface area (Å²) in [6.07, 6.45) is 1.58. The van der Waals surface area contributed by atoms with Crippen molar-refractivity contribution in [2.45, 2.75) is 38.7 Å². The lowest BCUT2D eigenvalue weighted by Crippen LogP contribution is -2.25. The van der Waals surface area contributed by atoms with Gasteiger partial charge in [-0.25, -0.2) is 13.4 Å². The van der Waals surface area contributed by atoms with Gasteiger partial charge in [-0.3, -0.25) is 9.52 Å². The molecule has 9 heteroatoms. The van der Waals surface area contributed by atoms with Crippen LogP contribution in [0.1, 0.15) is 44.5 Å². The van der Waals surface area contributed by atoms with E-state index in [2.05, 4.69) is 14.7 Å². The lowest BCUT2D eigenvalue weighted by molar-refractivity contribution is -0.143. The van der Waals surface area contributed by atoms with Crippen LogP contribution < -0.4 is 4.72 Å². The number of H-pyrrole nitrogens is 1. The number of hydrogen-bond acceptors (Lipinski definition) is 5. The molecule has 3 rings (SSSR count). The van der Waals surface area contributed by atoms with E-state index in [4.69, 9.17) is 5.11 Å². The Balaban J connectivity index is 1.75. The third-order valence-electron chi connectivity index (χ3n) is 5.00. The topological polar surface area (TPSA) is 132 Å². The summed E-state index contributed by atoms with van der Waals surface area (Å²) in [5.74, 6) is -0.734. The van der Waals surface area contributed by atoms with Crippen LogP contribution in [0.2, 0.25) is 0 Å². The SMILES string of the molecule is CCS(=O)(=O)Nc1ccc2nc(C(O)C3CCC(C(=O)O)CC3)[nH]c2c1. The van der Waals surface area contributed by atoms with E-state index in [-0.39, 0.29) is 17.6 Å². The molecule has 0 bridgehead atoms. The molecule has 1 aromatic carbocycles. The van der Waals surface area contributed by atoms with Crippen LogP contribution >= 0.6 is 0 Å². The maximum absolute atomic E-state index is 11.7. The number of benzene rings is 1. The van der Waals surface area contributed by atoms with Gasteiger partial charge in [0, 0.05) is 0 Å². The summed E-state index contributed by atoms with van der Waals surface area (Å²) >= 11 is 0. The molecule has 0 saturated heterocycles. The second-order valence-electron chi connectivity index (χ2n) is 6.75. The van der Waals surface area contributed by atoms with Gasteiger partial charge >= 0.3 is 5.97 Å². The molecule has 4 N–H and O–H groups in total. The first-order valence-corrected chi connectivity index (χ1v) is 10.4. The predicted octanol–water partition coefficient (Wildman–Crippen LogP) is 2.25. The molecule has 0 amide bonds. The van der Waals surface area contributed by atoms with Crippen LogP contribution in [0.5, 0.6) is 0 Å². The summed E-state index contributed by atoms with van der Waals surface area (Å²) < 4.78 is 25.8. The van der Waals surface area contributed by atoms with Crippen LogP contribution in [0.25, 0.3) is 11.0 Å². The molecule has 1 fully saturated rings. The molecular weight excluding hydrogens is 358 g/mol. The normalized spacial score (nSPS) is 22.2. The Bertz CT molecular complexity index is 900. The number of carboxylic acids is 1. The minimum atomic E-state index is -3.36. The first-order valence-electron chi connectivity index (χ1n) is 8.70. The Morgan fingerprint density at radius 1 is 1.35 bits per heavy atom. The Morgan fingerprint density at radius 2 is 2.04 bits per heavy atom. The van der Waals surface area contributed by atoms with Crippen molar-refractivity contribution in [3.63, 3.8) is 0 Å². The molecule has 1 aromatic heterocycles. The van der Waals surface area contributed by atoms with Crippen molar-refractivity contribution in [3.05, 3.63) is 24.0 Å². The number of anilines is 1. The predicted molar refractivity (Wildman–Crippen MR) is 97.2 cm³/mol. The van der Waals surface area contributed by atoms with Crippen molar-refractivity contribution in [3.8, 4) is 0 Å². The van der Waals surface area contributed by atoms with Gasteiger partial charge in [0.2, 0.25) is 10.0 Å². The molecule has 1 heterocycles. The zero-order valence-electron chi connectivity index (χ0n) is 14.5. The van der Waals surface area contributed by atoms with Crippen molar-refractivity contribution < 1.29 is 23.4 Å². The van der Waals surface area contributed by atoms with Gasteiger partial charge in [-0.1, -0.05) is 0 Å². The minimum Gasteiger partial charge on any atom is -0.481 e. The largest absolute Gasteiger partial charge is 0.481 e. The molecular formula is C17H23N3O5S. The molecule has 1 saturated carbocycles. The van der Waals surface area contributed by atoms with Gasteiger partial charge in [0.15, 0.2) is 0 Å². The molecule has 2 aromatic rings. The number of nitrogens with zero attached hydrogens (tertiary/aromatic N) is 1. The van der Waals surface area contributed by atoms with Crippen LogP contribution in [-0.4, -0.2) is 40.3 Å². The van der Waals surface area contributed by atoms with Gasteiger partial charge in [0.05, 0.1) is 28.4 Å². The zero-order chi connectivity index (χ0) is 18.9. The first-order chi connectivity index (χ1) is 12.3. The standard InChI is InChI=1S/C17H23N3O5S/c1-2-26(24,25)20-12-7-8-13-14(9-12)19-16(18-13)15(21)10-3-5-11(6-4-10)17(22)23/h7-11,15,20-21H,2-6H2,1H3,(H,18,19)(H,22,23). The number of sulfonamides is 1. The van der Waals surface area contributed by atoms with Gasteiger partial charge in [0.1, 0.15) is 11.9 Å². The van der Waals surface area contributed by atoms with Crippen LogP contribution in [0.15, 0.2) is 18.2 Å². The average molecular weight is 381 g/mol. The first kappa shape index (κ1) is 18.7. The van der Waals surface area contributed by atoms with Crippen molar-refractivity contribution in [1.82, 2.24) is 9.97 Å². The highest BCUT2D eigenvalue weighted by molar-refractivity contribution is 7.92. The fourth-order valence-corrected chi connectivity index (χ4v) is 4.02. The smallest absolute Gasteiger partial charge is 0.306 e. The number of fused-ring (bicyclic) bond motifs is 1. The van der Waals surface area contributed by atoms with Gasteiger partial charge < -0.3 is 15.2 Å². The highest BCUT2D eigenvalue weighted by atomic mass is 32.2.